The monoisotopic (exact) mass is 300 g/mol. The molecule has 2 heterocycles. The maximum atomic E-state index is 11.8. The minimum absolute atomic E-state index is 0.320. The molecule has 3 rings (SSSR count). The van der Waals surface area contributed by atoms with Gasteiger partial charge in [-0.1, -0.05) is 0 Å². The van der Waals surface area contributed by atoms with Crippen molar-refractivity contribution in [1.29, 1.82) is 0 Å². The zero-order valence-electron chi connectivity index (χ0n) is 12.4. The Bertz CT molecular complexity index is 788. The number of fused-ring (bicyclic) bond motifs is 3. The van der Waals surface area contributed by atoms with Crippen LogP contribution >= 0.6 is 0 Å². The number of ether oxygens (including phenoxy) is 2. The average molecular weight is 300 g/mol. The van der Waals surface area contributed by atoms with Gasteiger partial charge >= 0.3 is 11.9 Å². The summed E-state index contributed by atoms with van der Waals surface area (Å²) in [7, 11) is 0. The lowest BCUT2D eigenvalue weighted by atomic mass is 10.1. The highest BCUT2D eigenvalue weighted by molar-refractivity contribution is 6.10. The molecule has 0 spiro atoms. The van der Waals surface area contributed by atoms with Crippen molar-refractivity contribution in [2.75, 3.05) is 13.2 Å². The van der Waals surface area contributed by atoms with E-state index >= 15 is 0 Å². The second kappa shape index (κ2) is 5.55. The highest BCUT2D eigenvalue weighted by atomic mass is 16.5. The van der Waals surface area contributed by atoms with E-state index in [2.05, 4.69) is 9.97 Å². The lowest BCUT2D eigenvalue weighted by Gasteiger charge is -1.96. The van der Waals surface area contributed by atoms with Gasteiger partial charge < -0.3 is 19.4 Å². The quantitative estimate of drug-likeness (QED) is 0.725. The van der Waals surface area contributed by atoms with E-state index in [-0.39, 0.29) is 0 Å². The summed E-state index contributed by atoms with van der Waals surface area (Å²) in [5.41, 5.74) is 2.40. The Labute approximate surface area is 126 Å². The van der Waals surface area contributed by atoms with Crippen molar-refractivity contribution in [1.82, 2.24) is 9.97 Å². The van der Waals surface area contributed by atoms with E-state index in [1.54, 1.807) is 26.0 Å². The van der Waals surface area contributed by atoms with Gasteiger partial charge in [-0.2, -0.15) is 0 Å². The van der Waals surface area contributed by atoms with Crippen LogP contribution in [0.5, 0.6) is 0 Å². The van der Waals surface area contributed by atoms with Crippen LogP contribution in [0.25, 0.3) is 21.8 Å². The lowest BCUT2D eigenvalue weighted by molar-refractivity contribution is 0.0511. The fourth-order valence-corrected chi connectivity index (χ4v) is 2.45. The van der Waals surface area contributed by atoms with Gasteiger partial charge in [-0.25, -0.2) is 9.59 Å². The predicted octanol–water partition coefficient (Wildman–Crippen LogP) is 3.00. The van der Waals surface area contributed by atoms with Gasteiger partial charge in [0.25, 0.3) is 0 Å². The number of aromatic amines is 2. The van der Waals surface area contributed by atoms with Crippen LogP contribution in [-0.4, -0.2) is 35.1 Å². The number of benzene rings is 1. The molecular formula is C16H16N2O4. The first-order valence-corrected chi connectivity index (χ1v) is 7.12. The number of hydrogen-bond acceptors (Lipinski definition) is 4. The third-order valence-electron chi connectivity index (χ3n) is 3.39. The first-order chi connectivity index (χ1) is 10.6. The molecule has 22 heavy (non-hydrogen) atoms. The van der Waals surface area contributed by atoms with Crippen LogP contribution in [0.4, 0.5) is 0 Å². The fraction of sp³-hybridized carbons (Fsp3) is 0.250. The van der Waals surface area contributed by atoms with E-state index in [0.717, 1.165) is 21.8 Å². The molecule has 2 N–H and O–H groups in total. The number of esters is 2. The first-order valence-electron chi connectivity index (χ1n) is 7.12. The van der Waals surface area contributed by atoms with E-state index in [9.17, 15) is 9.59 Å². The van der Waals surface area contributed by atoms with Gasteiger partial charge in [-0.15, -0.1) is 0 Å². The molecule has 0 aliphatic rings. The molecular weight excluding hydrogens is 284 g/mol. The molecule has 1 aromatic carbocycles. The zero-order chi connectivity index (χ0) is 15.7. The van der Waals surface area contributed by atoms with Crippen LogP contribution in [-0.2, 0) is 9.47 Å². The van der Waals surface area contributed by atoms with Crippen LogP contribution in [0.1, 0.15) is 34.8 Å². The van der Waals surface area contributed by atoms with Gasteiger partial charge in [0, 0.05) is 21.8 Å². The molecule has 0 saturated heterocycles. The standard InChI is InChI=1S/C16H16N2O4/c1-3-21-15(19)13-7-9-10-8-14(16(20)22-4-2)18-12(10)6-5-11(9)17-13/h5-8,17-18H,3-4H2,1-2H3. The molecule has 0 atom stereocenters. The molecule has 0 amide bonds. The third-order valence-corrected chi connectivity index (χ3v) is 3.39. The minimum Gasteiger partial charge on any atom is -0.461 e. The largest absolute Gasteiger partial charge is 0.461 e. The molecule has 6 nitrogen and oxygen atoms in total. The van der Waals surface area contributed by atoms with E-state index in [0.29, 0.717) is 24.6 Å². The van der Waals surface area contributed by atoms with Gasteiger partial charge in [-0.05, 0) is 38.1 Å². The van der Waals surface area contributed by atoms with Gasteiger partial charge in [-0.3, -0.25) is 0 Å². The van der Waals surface area contributed by atoms with E-state index in [4.69, 9.17) is 9.47 Å². The van der Waals surface area contributed by atoms with Gasteiger partial charge in [0.1, 0.15) is 11.4 Å². The second-order valence-corrected chi connectivity index (χ2v) is 4.79. The average Bonchev–Trinajstić information content (AvgIpc) is 3.11. The molecule has 0 saturated carbocycles. The minimum atomic E-state index is -0.395. The topological polar surface area (TPSA) is 84.2 Å². The first kappa shape index (κ1) is 14.2. The van der Waals surface area contributed by atoms with Crippen LogP contribution < -0.4 is 0 Å². The Morgan fingerprint density at radius 1 is 0.864 bits per heavy atom. The van der Waals surface area contributed by atoms with E-state index < -0.39 is 11.9 Å². The molecule has 0 bridgehead atoms. The Morgan fingerprint density at radius 2 is 1.27 bits per heavy atom. The van der Waals surface area contributed by atoms with Crippen molar-refractivity contribution in [3.8, 4) is 0 Å². The number of aromatic nitrogens is 2. The van der Waals surface area contributed by atoms with Crippen molar-refractivity contribution in [2.45, 2.75) is 13.8 Å². The van der Waals surface area contributed by atoms with E-state index in [1.165, 1.54) is 0 Å². The van der Waals surface area contributed by atoms with Crippen molar-refractivity contribution in [3.05, 3.63) is 35.7 Å². The maximum Gasteiger partial charge on any atom is 0.354 e. The summed E-state index contributed by atoms with van der Waals surface area (Å²) in [4.78, 5) is 29.7. The third kappa shape index (κ3) is 2.32. The SMILES string of the molecule is CCOC(=O)c1cc2c(ccc3[nH]c(C(=O)OCC)cc32)[nH]1. The molecule has 3 aromatic rings. The Kier molecular flexibility index (Phi) is 3.58. The molecule has 0 radical (unpaired) electrons. The number of nitrogens with one attached hydrogen (secondary N) is 2. The van der Waals surface area contributed by atoms with Crippen LogP contribution in [0.15, 0.2) is 24.3 Å². The molecule has 0 aliphatic carbocycles. The molecule has 6 heteroatoms. The van der Waals surface area contributed by atoms with Gasteiger partial charge in [0.15, 0.2) is 0 Å². The number of H-pyrrole nitrogens is 2. The van der Waals surface area contributed by atoms with Crippen molar-refractivity contribution < 1.29 is 19.1 Å². The van der Waals surface area contributed by atoms with Crippen LogP contribution in [0.2, 0.25) is 0 Å². The highest BCUT2D eigenvalue weighted by Crippen LogP contribution is 2.27. The molecule has 0 fully saturated rings. The van der Waals surface area contributed by atoms with Crippen LogP contribution in [0.3, 0.4) is 0 Å². The summed E-state index contributed by atoms with van der Waals surface area (Å²) < 4.78 is 9.99. The van der Waals surface area contributed by atoms with Gasteiger partial charge in [0.05, 0.1) is 13.2 Å². The Morgan fingerprint density at radius 3 is 1.64 bits per heavy atom. The van der Waals surface area contributed by atoms with Crippen LogP contribution in [0, 0.1) is 0 Å². The smallest absolute Gasteiger partial charge is 0.354 e. The molecule has 0 unspecified atom stereocenters. The number of carbonyl (C=O) groups excluding carboxylic acids is 2. The zero-order valence-corrected chi connectivity index (χ0v) is 12.4. The maximum absolute atomic E-state index is 11.8. The van der Waals surface area contributed by atoms with Crippen molar-refractivity contribution in [2.24, 2.45) is 0 Å². The molecule has 2 aromatic heterocycles. The summed E-state index contributed by atoms with van der Waals surface area (Å²) >= 11 is 0. The van der Waals surface area contributed by atoms with Crippen molar-refractivity contribution >= 4 is 33.7 Å². The predicted molar refractivity (Wildman–Crippen MR) is 82.1 cm³/mol. The molecule has 114 valence electrons. The summed E-state index contributed by atoms with van der Waals surface area (Å²) in [5, 5.41) is 1.71. The lowest BCUT2D eigenvalue weighted by Crippen LogP contribution is -2.04. The normalized spacial score (nSPS) is 11.0. The number of rotatable bonds is 4. The summed E-state index contributed by atoms with van der Waals surface area (Å²) in [6.45, 7) is 4.16. The summed E-state index contributed by atoms with van der Waals surface area (Å²) in [5.74, 6) is -0.791. The van der Waals surface area contributed by atoms with Crippen molar-refractivity contribution in [3.63, 3.8) is 0 Å². The van der Waals surface area contributed by atoms with E-state index in [1.807, 2.05) is 12.1 Å². The summed E-state index contributed by atoms with van der Waals surface area (Å²) in [6.07, 6.45) is 0. The Balaban J connectivity index is 2.10. The number of carbonyl (C=O) groups is 2. The second-order valence-electron chi connectivity index (χ2n) is 4.79. The van der Waals surface area contributed by atoms with Gasteiger partial charge in [0.2, 0.25) is 0 Å². The highest BCUT2D eigenvalue weighted by Gasteiger charge is 2.15. The summed E-state index contributed by atoms with van der Waals surface area (Å²) in [6, 6.07) is 7.18. The Hall–Kier alpha value is -2.76. The fourth-order valence-electron chi connectivity index (χ4n) is 2.45. The number of hydrogen-bond donors (Lipinski definition) is 2. The molecule has 0 aliphatic heterocycles.